The summed E-state index contributed by atoms with van der Waals surface area (Å²) in [5.74, 6) is -1.07. The van der Waals surface area contributed by atoms with Crippen molar-refractivity contribution in [3.8, 4) is 11.5 Å². The van der Waals surface area contributed by atoms with E-state index in [1.165, 1.54) is 12.3 Å². The number of halogens is 3. The summed E-state index contributed by atoms with van der Waals surface area (Å²) < 4.78 is 30.1. The average molecular weight is 377 g/mol. The molecule has 0 spiro atoms. The van der Waals surface area contributed by atoms with Gasteiger partial charge in [0.25, 0.3) is 11.8 Å². The van der Waals surface area contributed by atoms with Crippen LogP contribution in [0.1, 0.15) is 33.9 Å². The van der Waals surface area contributed by atoms with E-state index in [1.807, 2.05) is 12.1 Å². The molecule has 0 aliphatic carbocycles. The SMILES string of the molecule is O=C1c2cc(-c3nnc(C(F)F)o3)cnc2CN1Cc1cccc(Cl)c1. The molecule has 9 heteroatoms. The number of alkyl halides is 2. The molecular formula is C17H11ClF2N4O2. The molecule has 1 aliphatic heterocycles. The molecule has 26 heavy (non-hydrogen) atoms. The zero-order valence-corrected chi connectivity index (χ0v) is 14.0. The highest BCUT2D eigenvalue weighted by molar-refractivity contribution is 6.30. The van der Waals surface area contributed by atoms with E-state index in [-0.39, 0.29) is 11.8 Å². The molecule has 0 atom stereocenters. The number of pyridine rings is 1. The first-order chi connectivity index (χ1) is 12.5. The summed E-state index contributed by atoms with van der Waals surface area (Å²) in [6.07, 6.45) is -1.42. The second kappa shape index (κ2) is 6.45. The van der Waals surface area contributed by atoms with Gasteiger partial charge in [0.15, 0.2) is 0 Å². The molecule has 1 aromatic carbocycles. The van der Waals surface area contributed by atoms with Crippen LogP contribution in [0.15, 0.2) is 40.9 Å². The Hall–Kier alpha value is -2.87. The Morgan fingerprint density at radius 2 is 2.12 bits per heavy atom. The smallest absolute Gasteiger partial charge is 0.314 e. The third kappa shape index (κ3) is 3.03. The first-order valence-corrected chi connectivity index (χ1v) is 8.03. The molecule has 0 unspecified atom stereocenters. The highest BCUT2D eigenvalue weighted by Gasteiger charge is 2.29. The predicted octanol–water partition coefficient (Wildman–Crippen LogP) is 3.88. The maximum atomic E-state index is 12.6. The van der Waals surface area contributed by atoms with Crippen molar-refractivity contribution in [3.05, 3.63) is 64.3 Å². The molecule has 0 saturated heterocycles. The van der Waals surface area contributed by atoms with E-state index in [0.29, 0.717) is 34.9 Å². The largest absolute Gasteiger partial charge is 0.415 e. The first kappa shape index (κ1) is 16.6. The molecule has 0 N–H and O–H groups in total. The van der Waals surface area contributed by atoms with E-state index in [9.17, 15) is 13.6 Å². The van der Waals surface area contributed by atoms with Crippen LogP contribution in [-0.4, -0.2) is 26.0 Å². The number of hydrogen-bond acceptors (Lipinski definition) is 5. The lowest BCUT2D eigenvalue weighted by Gasteiger charge is -2.15. The van der Waals surface area contributed by atoms with Crippen LogP contribution in [0.25, 0.3) is 11.5 Å². The lowest BCUT2D eigenvalue weighted by molar-refractivity contribution is 0.0766. The van der Waals surface area contributed by atoms with Gasteiger partial charge in [-0.05, 0) is 23.8 Å². The quantitative estimate of drug-likeness (QED) is 0.691. The molecule has 4 rings (SSSR count). The number of amides is 1. The number of benzene rings is 1. The molecule has 132 valence electrons. The number of hydrogen-bond donors (Lipinski definition) is 0. The molecule has 0 fully saturated rings. The summed E-state index contributed by atoms with van der Waals surface area (Å²) in [6.45, 7) is 0.744. The molecule has 0 saturated carbocycles. The maximum Gasteiger partial charge on any atom is 0.314 e. The van der Waals surface area contributed by atoms with Crippen molar-refractivity contribution >= 4 is 17.5 Å². The van der Waals surface area contributed by atoms with Gasteiger partial charge in [0, 0.05) is 17.8 Å². The van der Waals surface area contributed by atoms with Crippen molar-refractivity contribution in [1.29, 1.82) is 0 Å². The van der Waals surface area contributed by atoms with E-state index in [1.54, 1.807) is 17.0 Å². The van der Waals surface area contributed by atoms with Crippen molar-refractivity contribution in [2.75, 3.05) is 0 Å². The van der Waals surface area contributed by atoms with E-state index in [2.05, 4.69) is 15.2 Å². The minimum Gasteiger partial charge on any atom is -0.415 e. The maximum absolute atomic E-state index is 12.6. The Balaban J connectivity index is 1.58. The highest BCUT2D eigenvalue weighted by atomic mass is 35.5. The normalized spacial score (nSPS) is 13.5. The Labute approximate surface area is 151 Å². The van der Waals surface area contributed by atoms with Gasteiger partial charge in [-0.3, -0.25) is 9.78 Å². The monoisotopic (exact) mass is 376 g/mol. The van der Waals surface area contributed by atoms with Gasteiger partial charge < -0.3 is 9.32 Å². The highest BCUT2D eigenvalue weighted by Crippen LogP contribution is 2.28. The van der Waals surface area contributed by atoms with Gasteiger partial charge in [-0.25, -0.2) is 0 Å². The molecule has 3 heterocycles. The Morgan fingerprint density at radius 1 is 1.27 bits per heavy atom. The molecule has 3 aromatic rings. The lowest BCUT2D eigenvalue weighted by atomic mass is 10.1. The molecule has 0 bridgehead atoms. The average Bonchev–Trinajstić information content (AvgIpc) is 3.21. The third-order valence-corrected chi connectivity index (χ3v) is 4.20. The number of rotatable bonds is 4. The standard InChI is InChI=1S/C17H11ClF2N4O2/c18-11-3-1-2-9(4-11)7-24-8-13-12(17(24)25)5-10(6-21-13)15-22-23-16(26-15)14(19)20/h1-6,14H,7-8H2. The molecule has 1 amide bonds. The minimum atomic E-state index is -2.85. The molecule has 0 radical (unpaired) electrons. The Morgan fingerprint density at radius 3 is 2.85 bits per heavy atom. The van der Waals surface area contributed by atoms with Gasteiger partial charge in [-0.15, -0.1) is 10.2 Å². The topological polar surface area (TPSA) is 72.1 Å². The van der Waals surface area contributed by atoms with Crippen LogP contribution in [0.4, 0.5) is 8.78 Å². The van der Waals surface area contributed by atoms with E-state index >= 15 is 0 Å². The third-order valence-electron chi connectivity index (χ3n) is 3.97. The van der Waals surface area contributed by atoms with Crippen LogP contribution in [0.5, 0.6) is 0 Å². The number of fused-ring (bicyclic) bond motifs is 1. The minimum absolute atomic E-state index is 0.100. The number of nitrogens with zero attached hydrogens (tertiary/aromatic N) is 4. The Kier molecular flexibility index (Phi) is 4.12. The second-order valence-corrected chi connectivity index (χ2v) is 6.19. The first-order valence-electron chi connectivity index (χ1n) is 7.66. The van der Waals surface area contributed by atoms with Crippen molar-refractivity contribution in [2.24, 2.45) is 0 Å². The zero-order valence-electron chi connectivity index (χ0n) is 13.2. The van der Waals surface area contributed by atoms with E-state index in [0.717, 1.165) is 5.56 Å². The number of carbonyl (C=O) groups is 1. The molecule has 1 aliphatic rings. The fourth-order valence-electron chi connectivity index (χ4n) is 2.77. The number of carbonyl (C=O) groups excluding carboxylic acids is 1. The summed E-state index contributed by atoms with van der Waals surface area (Å²) >= 11 is 5.98. The summed E-state index contributed by atoms with van der Waals surface area (Å²) in [4.78, 5) is 18.5. The number of aromatic nitrogens is 3. The summed E-state index contributed by atoms with van der Waals surface area (Å²) in [7, 11) is 0. The molecule has 6 nitrogen and oxygen atoms in total. The van der Waals surface area contributed by atoms with E-state index in [4.69, 9.17) is 16.0 Å². The van der Waals surface area contributed by atoms with Gasteiger partial charge in [0.1, 0.15) is 0 Å². The summed E-state index contributed by atoms with van der Waals surface area (Å²) in [6, 6.07) is 8.78. The summed E-state index contributed by atoms with van der Waals surface area (Å²) in [5, 5.41) is 7.46. The molecular weight excluding hydrogens is 366 g/mol. The van der Waals surface area contributed by atoms with Crippen molar-refractivity contribution in [1.82, 2.24) is 20.1 Å². The van der Waals surface area contributed by atoms with Gasteiger partial charge in [-0.2, -0.15) is 8.78 Å². The van der Waals surface area contributed by atoms with Crippen LogP contribution in [0.3, 0.4) is 0 Å². The summed E-state index contributed by atoms with van der Waals surface area (Å²) in [5.41, 5.74) is 2.22. The van der Waals surface area contributed by atoms with Crippen LogP contribution >= 0.6 is 11.6 Å². The van der Waals surface area contributed by atoms with Crippen LogP contribution in [-0.2, 0) is 13.1 Å². The van der Waals surface area contributed by atoms with Crippen molar-refractivity contribution in [3.63, 3.8) is 0 Å². The fraction of sp³-hybridized carbons (Fsp3) is 0.176. The van der Waals surface area contributed by atoms with Crippen molar-refractivity contribution in [2.45, 2.75) is 19.5 Å². The molecule has 2 aromatic heterocycles. The van der Waals surface area contributed by atoms with Crippen LogP contribution in [0.2, 0.25) is 5.02 Å². The van der Waals surface area contributed by atoms with Gasteiger partial charge >= 0.3 is 6.43 Å². The van der Waals surface area contributed by atoms with E-state index < -0.39 is 12.3 Å². The van der Waals surface area contributed by atoms with Gasteiger partial charge in [-0.1, -0.05) is 23.7 Å². The lowest BCUT2D eigenvalue weighted by Crippen LogP contribution is -2.23. The van der Waals surface area contributed by atoms with Crippen molar-refractivity contribution < 1.29 is 18.0 Å². The van der Waals surface area contributed by atoms with Gasteiger partial charge in [0.2, 0.25) is 5.89 Å². The predicted molar refractivity (Wildman–Crippen MR) is 87.5 cm³/mol. The van der Waals surface area contributed by atoms with Gasteiger partial charge in [0.05, 0.1) is 23.4 Å². The fourth-order valence-corrected chi connectivity index (χ4v) is 2.98. The second-order valence-electron chi connectivity index (χ2n) is 5.76. The van der Waals surface area contributed by atoms with Crippen LogP contribution < -0.4 is 0 Å². The Bertz CT molecular complexity index is 992. The van der Waals surface area contributed by atoms with Crippen LogP contribution in [0, 0.1) is 0 Å². The zero-order chi connectivity index (χ0) is 18.3.